The number of rotatable bonds is 3. The summed E-state index contributed by atoms with van der Waals surface area (Å²) in [6, 6.07) is 11.7. The molecule has 0 unspecified atom stereocenters. The molecule has 0 N–H and O–H groups in total. The minimum atomic E-state index is 0.501. The van der Waals surface area contributed by atoms with E-state index in [0.717, 1.165) is 31.6 Å². The van der Waals surface area contributed by atoms with Gasteiger partial charge in [0.2, 0.25) is 5.88 Å². The quantitative estimate of drug-likeness (QED) is 0.827. The molecule has 0 saturated carbocycles. The molecule has 0 aliphatic carbocycles. The molecule has 2 aromatic rings. The Morgan fingerprint density at radius 1 is 1.04 bits per heavy atom. The summed E-state index contributed by atoms with van der Waals surface area (Å²) in [5.41, 5.74) is 1.07. The Hall–Kier alpha value is -2.11. The van der Waals surface area contributed by atoms with E-state index in [1.54, 1.807) is 6.20 Å². The summed E-state index contributed by atoms with van der Waals surface area (Å²) in [5.74, 6) is 2.70. The zero-order chi connectivity index (χ0) is 18.2. The highest BCUT2D eigenvalue weighted by Gasteiger charge is 2.15. The Morgan fingerprint density at radius 2 is 1.88 bits per heavy atom. The number of ether oxygens (including phenoxy) is 3. The Kier molecular flexibility index (Phi) is 6.86. The lowest BCUT2D eigenvalue weighted by atomic mass is 10.1. The second-order valence-corrected chi connectivity index (χ2v) is 6.94. The molecule has 2 heterocycles. The number of pyridine rings is 1. The summed E-state index contributed by atoms with van der Waals surface area (Å²) in [7, 11) is 0. The van der Waals surface area contributed by atoms with Crippen molar-refractivity contribution in [3.8, 4) is 17.4 Å². The van der Waals surface area contributed by atoms with Gasteiger partial charge in [0.15, 0.2) is 11.5 Å². The van der Waals surface area contributed by atoms with Gasteiger partial charge >= 0.3 is 0 Å². The van der Waals surface area contributed by atoms with Crippen molar-refractivity contribution in [2.75, 3.05) is 32.9 Å². The topological polar surface area (TPSA) is 43.8 Å². The van der Waals surface area contributed by atoms with Crippen molar-refractivity contribution in [1.29, 1.82) is 0 Å². The van der Waals surface area contributed by atoms with Crippen LogP contribution in [0.5, 0.6) is 17.4 Å². The molecule has 0 bridgehead atoms. The molecule has 5 nitrogen and oxygen atoms in total. The average Bonchev–Trinajstić information content (AvgIpc) is 2.65. The van der Waals surface area contributed by atoms with Crippen LogP contribution in [0, 0.1) is 5.92 Å². The standard InChI is InChI=1S/C21H28N2O3/c1-17(2)9-11-23-12-13-24-14-15-25-19-7-3-4-8-20(19)26-21-18(16-23)6-5-10-22-21/h3-8,10,17H,9,11-16H2,1-2H3. The minimum absolute atomic E-state index is 0.501. The van der Waals surface area contributed by atoms with Crippen LogP contribution >= 0.6 is 0 Å². The fraction of sp³-hybridized carbons (Fsp3) is 0.476. The van der Waals surface area contributed by atoms with Crippen LogP contribution in [0.4, 0.5) is 0 Å². The highest BCUT2D eigenvalue weighted by molar-refractivity contribution is 5.42. The van der Waals surface area contributed by atoms with E-state index in [1.807, 2.05) is 30.3 Å². The van der Waals surface area contributed by atoms with Crippen molar-refractivity contribution in [2.24, 2.45) is 5.92 Å². The van der Waals surface area contributed by atoms with Crippen molar-refractivity contribution < 1.29 is 14.2 Å². The molecular weight excluding hydrogens is 328 g/mol. The Labute approximate surface area is 155 Å². The molecule has 1 aromatic carbocycles. The van der Waals surface area contributed by atoms with Crippen LogP contribution in [0.25, 0.3) is 0 Å². The largest absolute Gasteiger partial charge is 0.487 e. The normalized spacial score (nSPS) is 16.3. The third kappa shape index (κ3) is 5.44. The van der Waals surface area contributed by atoms with Gasteiger partial charge in [0.05, 0.1) is 13.2 Å². The van der Waals surface area contributed by atoms with E-state index in [9.17, 15) is 0 Å². The molecule has 140 valence electrons. The molecule has 1 aromatic heterocycles. The lowest BCUT2D eigenvalue weighted by Gasteiger charge is -2.23. The van der Waals surface area contributed by atoms with Crippen molar-refractivity contribution in [3.63, 3.8) is 0 Å². The van der Waals surface area contributed by atoms with Gasteiger partial charge in [-0.1, -0.05) is 32.0 Å². The van der Waals surface area contributed by atoms with Gasteiger partial charge in [-0.05, 0) is 37.1 Å². The second kappa shape index (κ2) is 9.55. The van der Waals surface area contributed by atoms with Crippen molar-refractivity contribution in [1.82, 2.24) is 9.88 Å². The number of hydrogen-bond acceptors (Lipinski definition) is 5. The first-order chi connectivity index (χ1) is 12.7. The van der Waals surface area contributed by atoms with E-state index >= 15 is 0 Å². The number of benzene rings is 1. The zero-order valence-electron chi connectivity index (χ0n) is 15.7. The van der Waals surface area contributed by atoms with Gasteiger partial charge in [0.1, 0.15) is 6.61 Å². The van der Waals surface area contributed by atoms with Crippen molar-refractivity contribution in [3.05, 3.63) is 48.2 Å². The summed E-state index contributed by atoms with van der Waals surface area (Å²) < 4.78 is 17.7. The molecule has 0 radical (unpaired) electrons. The minimum Gasteiger partial charge on any atom is -0.487 e. The summed E-state index contributed by atoms with van der Waals surface area (Å²) in [5, 5.41) is 0. The van der Waals surface area contributed by atoms with Crippen LogP contribution < -0.4 is 9.47 Å². The second-order valence-electron chi connectivity index (χ2n) is 6.94. The monoisotopic (exact) mass is 356 g/mol. The number of aromatic nitrogens is 1. The number of fused-ring (bicyclic) bond motifs is 2. The predicted octanol–water partition coefficient (Wildman–Crippen LogP) is 4.13. The van der Waals surface area contributed by atoms with Crippen LogP contribution in [-0.2, 0) is 11.3 Å². The summed E-state index contributed by atoms with van der Waals surface area (Å²) in [4.78, 5) is 6.87. The fourth-order valence-corrected chi connectivity index (χ4v) is 2.85. The zero-order valence-corrected chi connectivity index (χ0v) is 15.7. The Bertz CT molecular complexity index is 690. The van der Waals surface area contributed by atoms with Gasteiger partial charge < -0.3 is 14.2 Å². The average molecular weight is 356 g/mol. The lowest BCUT2D eigenvalue weighted by molar-refractivity contribution is 0.0768. The van der Waals surface area contributed by atoms with Gasteiger partial charge in [-0.15, -0.1) is 0 Å². The molecule has 5 heteroatoms. The number of hydrogen-bond donors (Lipinski definition) is 0. The highest BCUT2D eigenvalue weighted by Crippen LogP contribution is 2.32. The predicted molar refractivity (Wildman–Crippen MR) is 102 cm³/mol. The first-order valence-electron chi connectivity index (χ1n) is 9.36. The van der Waals surface area contributed by atoms with Crippen LogP contribution in [0.15, 0.2) is 42.6 Å². The van der Waals surface area contributed by atoms with Crippen LogP contribution in [0.1, 0.15) is 25.8 Å². The molecule has 0 atom stereocenters. The van der Waals surface area contributed by atoms with E-state index < -0.39 is 0 Å². The van der Waals surface area contributed by atoms with E-state index in [1.165, 1.54) is 0 Å². The molecular formula is C21H28N2O3. The smallest absolute Gasteiger partial charge is 0.223 e. The maximum Gasteiger partial charge on any atom is 0.223 e. The van der Waals surface area contributed by atoms with Crippen LogP contribution in [-0.4, -0.2) is 42.8 Å². The summed E-state index contributed by atoms with van der Waals surface area (Å²) >= 11 is 0. The Morgan fingerprint density at radius 3 is 2.73 bits per heavy atom. The van der Waals surface area contributed by atoms with Crippen molar-refractivity contribution in [2.45, 2.75) is 26.8 Å². The fourth-order valence-electron chi connectivity index (χ4n) is 2.85. The molecule has 0 spiro atoms. The van der Waals surface area contributed by atoms with Gasteiger partial charge in [-0.25, -0.2) is 4.98 Å². The van der Waals surface area contributed by atoms with Gasteiger partial charge in [0, 0.05) is 24.8 Å². The lowest BCUT2D eigenvalue weighted by Crippen LogP contribution is -2.29. The number of nitrogens with zero attached hydrogens (tertiary/aromatic N) is 2. The highest BCUT2D eigenvalue weighted by atomic mass is 16.5. The SMILES string of the molecule is CC(C)CCN1CCOCCOc2ccccc2Oc2ncccc2C1. The maximum absolute atomic E-state index is 6.13. The van der Waals surface area contributed by atoms with Crippen LogP contribution in [0.2, 0.25) is 0 Å². The molecule has 26 heavy (non-hydrogen) atoms. The first kappa shape index (κ1) is 18.7. The van der Waals surface area contributed by atoms with Crippen molar-refractivity contribution >= 4 is 0 Å². The molecule has 0 fully saturated rings. The molecule has 3 rings (SSSR count). The van der Waals surface area contributed by atoms with Gasteiger partial charge in [0.25, 0.3) is 0 Å². The van der Waals surface area contributed by atoms with E-state index in [2.05, 4.69) is 29.8 Å². The summed E-state index contributed by atoms with van der Waals surface area (Å²) in [6.45, 7) is 8.98. The Balaban J connectivity index is 1.84. The summed E-state index contributed by atoms with van der Waals surface area (Å²) in [6.07, 6.45) is 2.92. The number of para-hydroxylation sites is 2. The third-order valence-corrected chi connectivity index (χ3v) is 4.36. The van der Waals surface area contributed by atoms with E-state index in [0.29, 0.717) is 43.1 Å². The van der Waals surface area contributed by atoms with Gasteiger partial charge in [-0.3, -0.25) is 4.90 Å². The maximum atomic E-state index is 6.13. The van der Waals surface area contributed by atoms with Gasteiger partial charge in [-0.2, -0.15) is 0 Å². The van der Waals surface area contributed by atoms with E-state index in [4.69, 9.17) is 14.2 Å². The molecule has 0 amide bonds. The molecule has 1 aliphatic rings. The first-order valence-corrected chi connectivity index (χ1v) is 9.36. The molecule has 1 aliphatic heterocycles. The van der Waals surface area contributed by atoms with Crippen LogP contribution in [0.3, 0.4) is 0 Å². The molecule has 0 saturated heterocycles. The third-order valence-electron chi connectivity index (χ3n) is 4.36. The van der Waals surface area contributed by atoms with E-state index in [-0.39, 0.29) is 0 Å².